The molecule has 0 N–H and O–H groups in total. The van der Waals surface area contributed by atoms with Gasteiger partial charge in [0.25, 0.3) is 0 Å². The molecule has 2 nitrogen and oxygen atoms in total. The van der Waals surface area contributed by atoms with Crippen LogP contribution in [0.4, 0.5) is 0 Å². The van der Waals surface area contributed by atoms with Gasteiger partial charge in [-0.15, -0.1) is 0 Å². The average Bonchev–Trinajstić information content (AvgIpc) is 2.16. The summed E-state index contributed by atoms with van der Waals surface area (Å²) in [6, 6.07) is 0. The fourth-order valence-corrected chi connectivity index (χ4v) is 2.86. The lowest BCUT2D eigenvalue weighted by Crippen LogP contribution is -1.91. The van der Waals surface area contributed by atoms with Crippen molar-refractivity contribution in [1.82, 2.24) is 0 Å². The van der Waals surface area contributed by atoms with Gasteiger partial charge in [-0.2, -0.15) is 0 Å². The summed E-state index contributed by atoms with van der Waals surface area (Å²) in [7, 11) is -0.663. The Morgan fingerprint density at radius 2 is 1.85 bits per heavy atom. The van der Waals surface area contributed by atoms with E-state index in [2.05, 4.69) is 6.92 Å². The Kier molecular flexibility index (Phi) is 11.4. The van der Waals surface area contributed by atoms with E-state index in [9.17, 15) is 0 Å². The van der Waals surface area contributed by atoms with Gasteiger partial charge in [-0.3, -0.25) is 0 Å². The molecule has 0 saturated carbocycles. The highest BCUT2D eigenvalue weighted by Gasteiger charge is 2.06. The van der Waals surface area contributed by atoms with Crippen LogP contribution < -0.4 is 0 Å². The molecule has 0 bridgehead atoms. The van der Waals surface area contributed by atoms with E-state index in [-0.39, 0.29) is 0 Å². The summed E-state index contributed by atoms with van der Waals surface area (Å²) >= 11 is 1.68. The summed E-state index contributed by atoms with van der Waals surface area (Å²) in [6.07, 6.45) is 7.08. The van der Waals surface area contributed by atoms with Crippen molar-refractivity contribution in [3.05, 3.63) is 0 Å². The van der Waals surface area contributed by atoms with Crippen LogP contribution >= 0.6 is 19.0 Å². The third kappa shape index (κ3) is 9.01. The van der Waals surface area contributed by atoms with Crippen molar-refractivity contribution in [3.63, 3.8) is 0 Å². The molecule has 13 heavy (non-hydrogen) atoms. The third-order valence-electron chi connectivity index (χ3n) is 1.58. The maximum Gasteiger partial charge on any atom is 0.237 e. The lowest BCUT2D eigenvalue weighted by Gasteiger charge is -2.12. The zero-order valence-electron chi connectivity index (χ0n) is 8.91. The van der Waals surface area contributed by atoms with E-state index < -0.39 is 7.58 Å². The molecule has 0 rings (SSSR count). The lowest BCUT2D eigenvalue weighted by atomic mass is 10.2. The quantitative estimate of drug-likeness (QED) is 0.432. The van der Waals surface area contributed by atoms with Crippen LogP contribution in [0, 0.1) is 0 Å². The molecule has 1 atom stereocenters. The molecule has 0 aliphatic rings. The monoisotopic (exact) mass is 224 g/mol. The fraction of sp³-hybridized carbons (Fsp3) is 1.00. The molecule has 0 amide bonds. The second kappa shape index (κ2) is 10.8. The molecule has 0 spiro atoms. The second-order valence-electron chi connectivity index (χ2n) is 2.72. The van der Waals surface area contributed by atoms with Crippen molar-refractivity contribution in [3.8, 4) is 0 Å². The molecule has 0 aliphatic carbocycles. The molecule has 0 fully saturated rings. The number of hydrogen-bond acceptors (Lipinski definition) is 3. The molecule has 0 heterocycles. The Morgan fingerprint density at radius 1 is 1.08 bits per heavy atom. The number of hydrogen-bond donors (Lipinski definition) is 0. The highest BCUT2D eigenvalue weighted by atomic mass is 32.7. The predicted molar refractivity (Wildman–Crippen MR) is 62.2 cm³/mol. The van der Waals surface area contributed by atoms with Crippen molar-refractivity contribution in [1.29, 1.82) is 0 Å². The fourth-order valence-electron chi connectivity index (χ4n) is 0.916. The zero-order valence-corrected chi connectivity index (χ0v) is 10.6. The van der Waals surface area contributed by atoms with Crippen molar-refractivity contribution >= 4 is 19.0 Å². The van der Waals surface area contributed by atoms with Crippen LogP contribution in [0.5, 0.6) is 0 Å². The Morgan fingerprint density at radius 3 is 2.38 bits per heavy atom. The molecule has 0 aliphatic heterocycles. The smallest absolute Gasteiger partial charge is 0.237 e. The third-order valence-corrected chi connectivity index (χ3v) is 4.27. The van der Waals surface area contributed by atoms with Gasteiger partial charge in [0.15, 0.2) is 0 Å². The molecule has 0 aromatic carbocycles. The largest absolute Gasteiger partial charge is 0.326 e. The molecule has 0 saturated heterocycles. The highest BCUT2D eigenvalue weighted by molar-refractivity contribution is 8.52. The van der Waals surface area contributed by atoms with Crippen LogP contribution in [-0.2, 0) is 9.05 Å². The zero-order chi connectivity index (χ0) is 9.94. The molecular weight excluding hydrogens is 203 g/mol. The van der Waals surface area contributed by atoms with E-state index in [4.69, 9.17) is 9.05 Å². The first-order valence-corrected chi connectivity index (χ1v) is 7.95. The second-order valence-corrected chi connectivity index (χ2v) is 6.04. The van der Waals surface area contributed by atoms with Crippen molar-refractivity contribution in [2.75, 3.05) is 19.5 Å². The van der Waals surface area contributed by atoms with Gasteiger partial charge in [-0.25, -0.2) is 0 Å². The SMILES string of the molecule is CCCCCCOP(OCC)SC. The molecule has 0 aromatic heterocycles. The first-order valence-electron chi connectivity index (χ1n) is 4.95. The van der Waals surface area contributed by atoms with Crippen molar-refractivity contribution in [2.24, 2.45) is 0 Å². The average molecular weight is 224 g/mol. The van der Waals surface area contributed by atoms with E-state index in [0.29, 0.717) is 0 Å². The molecule has 0 aromatic rings. The number of rotatable bonds is 9. The maximum absolute atomic E-state index is 5.58. The van der Waals surface area contributed by atoms with Crippen LogP contribution in [0.1, 0.15) is 39.5 Å². The van der Waals surface area contributed by atoms with E-state index in [1.165, 1.54) is 25.7 Å². The molecule has 4 heteroatoms. The Labute approximate surface area is 87.4 Å². The summed E-state index contributed by atoms with van der Waals surface area (Å²) in [4.78, 5) is 0. The first-order chi connectivity index (χ1) is 6.35. The maximum atomic E-state index is 5.58. The van der Waals surface area contributed by atoms with Crippen molar-refractivity contribution < 1.29 is 9.05 Å². The Hall–Kier alpha value is 0.700. The summed E-state index contributed by atoms with van der Waals surface area (Å²) in [5.74, 6) is 0. The van der Waals surface area contributed by atoms with Crippen LogP contribution in [-0.4, -0.2) is 19.5 Å². The van der Waals surface area contributed by atoms with Crippen LogP contribution in [0.25, 0.3) is 0 Å². The van der Waals surface area contributed by atoms with Crippen LogP contribution in [0.3, 0.4) is 0 Å². The minimum Gasteiger partial charge on any atom is -0.326 e. The number of unbranched alkanes of at least 4 members (excludes halogenated alkanes) is 3. The van der Waals surface area contributed by atoms with Gasteiger partial charge in [0.05, 0.1) is 13.2 Å². The Bertz CT molecular complexity index is 104. The van der Waals surface area contributed by atoms with E-state index >= 15 is 0 Å². The highest BCUT2D eigenvalue weighted by Crippen LogP contribution is 2.49. The predicted octanol–water partition coefficient (Wildman–Crippen LogP) is 4.21. The van der Waals surface area contributed by atoms with Gasteiger partial charge in [-0.05, 0) is 19.6 Å². The summed E-state index contributed by atoms with van der Waals surface area (Å²) in [5, 5.41) is 0. The molecular formula is C9H21O2PS. The van der Waals surface area contributed by atoms with E-state index in [0.717, 1.165) is 13.2 Å². The van der Waals surface area contributed by atoms with Crippen LogP contribution in [0.2, 0.25) is 0 Å². The standard InChI is InChI=1S/C9H21O2PS/c1-4-6-7-8-9-11-12(13-3)10-5-2/h4-9H2,1-3H3. The van der Waals surface area contributed by atoms with Crippen molar-refractivity contribution in [2.45, 2.75) is 39.5 Å². The molecule has 0 radical (unpaired) electrons. The van der Waals surface area contributed by atoms with Gasteiger partial charge in [0.2, 0.25) is 7.58 Å². The van der Waals surface area contributed by atoms with Gasteiger partial charge in [0.1, 0.15) is 0 Å². The summed E-state index contributed by atoms with van der Waals surface area (Å²) < 4.78 is 11.0. The normalized spacial score (nSPS) is 13.2. The van der Waals surface area contributed by atoms with Gasteiger partial charge < -0.3 is 9.05 Å². The Balaban J connectivity index is 3.17. The van der Waals surface area contributed by atoms with Crippen LogP contribution in [0.15, 0.2) is 0 Å². The van der Waals surface area contributed by atoms with Gasteiger partial charge in [-0.1, -0.05) is 37.6 Å². The van der Waals surface area contributed by atoms with Gasteiger partial charge >= 0.3 is 0 Å². The van der Waals surface area contributed by atoms with E-state index in [1.807, 2.05) is 13.2 Å². The minimum atomic E-state index is -0.663. The van der Waals surface area contributed by atoms with E-state index in [1.54, 1.807) is 11.4 Å². The lowest BCUT2D eigenvalue weighted by molar-refractivity contribution is 0.266. The molecule has 1 unspecified atom stereocenters. The van der Waals surface area contributed by atoms with Gasteiger partial charge in [0, 0.05) is 0 Å². The molecule has 80 valence electrons. The topological polar surface area (TPSA) is 18.5 Å². The summed E-state index contributed by atoms with van der Waals surface area (Å²) in [6.45, 7) is 5.83. The minimum absolute atomic E-state index is 0.663. The first kappa shape index (κ1) is 13.7. The summed E-state index contributed by atoms with van der Waals surface area (Å²) in [5.41, 5.74) is 0.